The van der Waals surface area contributed by atoms with Crippen molar-refractivity contribution in [2.75, 3.05) is 19.3 Å². The lowest BCUT2D eigenvalue weighted by Crippen LogP contribution is -2.49. The van der Waals surface area contributed by atoms with Gasteiger partial charge in [0.25, 0.3) is 5.91 Å². The number of carbonyl (C=O) groups excluding carboxylic acids is 1. The topological polar surface area (TPSA) is 79.4 Å². The number of nitrogens with one attached hydrogen (secondary N) is 1. The van der Waals surface area contributed by atoms with Crippen molar-refractivity contribution >= 4 is 15.9 Å². The molecule has 0 spiro atoms. The molecule has 1 unspecified atom stereocenters. The number of hydrogen-bond donors (Lipinski definition) is 1. The molecule has 1 aliphatic heterocycles. The highest BCUT2D eigenvalue weighted by atomic mass is 32.2. The Kier molecular flexibility index (Phi) is 4.89. The molecule has 1 saturated heterocycles. The van der Waals surface area contributed by atoms with Gasteiger partial charge in [-0.1, -0.05) is 0 Å². The van der Waals surface area contributed by atoms with Gasteiger partial charge in [-0.25, -0.2) is 18.1 Å². The van der Waals surface area contributed by atoms with Gasteiger partial charge in [-0.05, 0) is 31.4 Å². The van der Waals surface area contributed by atoms with Gasteiger partial charge in [-0.15, -0.1) is 0 Å². The van der Waals surface area contributed by atoms with E-state index in [4.69, 9.17) is 0 Å². The third-order valence-electron chi connectivity index (χ3n) is 3.44. The lowest BCUT2D eigenvalue weighted by atomic mass is 10.0. The van der Waals surface area contributed by atoms with E-state index in [0.717, 1.165) is 31.6 Å². The zero-order valence-corrected chi connectivity index (χ0v) is 12.6. The SMILES string of the molecule is CS(=O)(=O)NCC1CCCCN1C(=O)c1ccc(F)nc1. The molecule has 8 heteroatoms. The van der Waals surface area contributed by atoms with E-state index < -0.39 is 16.0 Å². The van der Waals surface area contributed by atoms with Crippen LogP contribution in [0.25, 0.3) is 0 Å². The Hall–Kier alpha value is -1.54. The van der Waals surface area contributed by atoms with Crippen molar-refractivity contribution < 1.29 is 17.6 Å². The molecule has 1 aliphatic rings. The zero-order valence-electron chi connectivity index (χ0n) is 11.8. The molecule has 0 aliphatic carbocycles. The van der Waals surface area contributed by atoms with Crippen LogP contribution in [0.15, 0.2) is 18.3 Å². The van der Waals surface area contributed by atoms with E-state index >= 15 is 0 Å². The fraction of sp³-hybridized carbons (Fsp3) is 0.538. The summed E-state index contributed by atoms with van der Waals surface area (Å²) < 4.78 is 37.6. The van der Waals surface area contributed by atoms with E-state index in [-0.39, 0.29) is 18.5 Å². The molecule has 0 aromatic carbocycles. The third kappa shape index (κ3) is 4.47. The summed E-state index contributed by atoms with van der Waals surface area (Å²) in [5, 5.41) is 0. The number of rotatable bonds is 4. The molecule has 0 bridgehead atoms. The Morgan fingerprint density at radius 3 is 2.86 bits per heavy atom. The first-order chi connectivity index (χ1) is 9.87. The number of likely N-dealkylation sites (tertiary alicyclic amines) is 1. The lowest BCUT2D eigenvalue weighted by molar-refractivity contribution is 0.0618. The van der Waals surface area contributed by atoms with Crippen LogP contribution >= 0.6 is 0 Å². The average molecular weight is 315 g/mol. The standard InChI is InChI=1S/C13H18FN3O3S/c1-21(19,20)16-9-11-4-2-3-7-17(11)13(18)10-5-6-12(14)15-8-10/h5-6,8,11,16H,2-4,7,9H2,1H3. The lowest BCUT2D eigenvalue weighted by Gasteiger charge is -2.35. The fourth-order valence-electron chi connectivity index (χ4n) is 2.40. The van der Waals surface area contributed by atoms with Gasteiger partial charge in [0.2, 0.25) is 16.0 Å². The van der Waals surface area contributed by atoms with Crippen molar-refractivity contribution in [1.29, 1.82) is 0 Å². The van der Waals surface area contributed by atoms with E-state index in [0.29, 0.717) is 12.1 Å². The molecule has 2 rings (SSSR count). The second-order valence-electron chi connectivity index (χ2n) is 5.14. The predicted molar refractivity (Wildman–Crippen MR) is 75.7 cm³/mol. The first kappa shape index (κ1) is 15.8. The van der Waals surface area contributed by atoms with Crippen molar-refractivity contribution in [2.24, 2.45) is 0 Å². The Morgan fingerprint density at radius 1 is 1.48 bits per heavy atom. The number of nitrogens with zero attached hydrogens (tertiary/aromatic N) is 2. The van der Waals surface area contributed by atoms with Crippen molar-refractivity contribution in [3.63, 3.8) is 0 Å². The molecule has 21 heavy (non-hydrogen) atoms. The molecule has 1 N–H and O–H groups in total. The van der Waals surface area contributed by atoms with Gasteiger partial charge >= 0.3 is 0 Å². The third-order valence-corrected chi connectivity index (χ3v) is 4.13. The minimum absolute atomic E-state index is 0.189. The summed E-state index contributed by atoms with van der Waals surface area (Å²) in [6.07, 6.45) is 4.85. The average Bonchev–Trinajstić information content (AvgIpc) is 2.45. The summed E-state index contributed by atoms with van der Waals surface area (Å²) >= 11 is 0. The summed E-state index contributed by atoms with van der Waals surface area (Å²) in [4.78, 5) is 17.5. The molecule has 1 aromatic heterocycles. The van der Waals surface area contributed by atoms with Crippen molar-refractivity contribution in [3.05, 3.63) is 29.8 Å². The second kappa shape index (κ2) is 6.48. The van der Waals surface area contributed by atoms with Crippen LogP contribution in [0.3, 0.4) is 0 Å². The van der Waals surface area contributed by atoms with Crippen LogP contribution in [0.2, 0.25) is 0 Å². The maximum Gasteiger partial charge on any atom is 0.255 e. The highest BCUT2D eigenvalue weighted by molar-refractivity contribution is 7.88. The number of piperidine rings is 1. The minimum Gasteiger partial charge on any atom is -0.334 e. The fourth-order valence-corrected chi connectivity index (χ4v) is 2.89. The van der Waals surface area contributed by atoms with Gasteiger partial charge in [-0.3, -0.25) is 4.79 Å². The van der Waals surface area contributed by atoms with E-state index in [1.165, 1.54) is 12.3 Å². The van der Waals surface area contributed by atoms with Crippen LogP contribution in [-0.2, 0) is 10.0 Å². The highest BCUT2D eigenvalue weighted by Crippen LogP contribution is 2.19. The number of pyridine rings is 1. The maximum absolute atomic E-state index is 12.8. The van der Waals surface area contributed by atoms with Gasteiger partial charge in [0.15, 0.2) is 0 Å². The minimum atomic E-state index is -3.29. The number of halogens is 1. The number of sulfonamides is 1. The van der Waals surface area contributed by atoms with Gasteiger partial charge in [0.05, 0.1) is 11.8 Å². The zero-order chi connectivity index (χ0) is 15.5. The summed E-state index contributed by atoms with van der Waals surface area (Å²) in [7, 11) is -3.29. The Bertz CT molecular complexity index is 604. The summed E-state index contributed by atoms with van der Waals surface area (Å²) in [6.45, 7) is 0.755. The quantitative estimate of drug-likeness (QED) is 0.832. The van der Waals surface area contributed by atoms with Gasteiger partial charge in [0, 0.05) is 25.3 Å². The maximum atomic E-state index is 12.8. The van der Waals surface area contributed by atoms with E-state index in [9.17, 15) is 17.6 Å². The molecule has 116 valence electrons. The molecule has 1 fully saturated rings. The second-order valence-corrected chi connectivity index (χ2v) is 6.97. The van der Waals surface area contributed by atoms with Crippen LogP contribution in [-0.4, -0.2) is 49.6 Å². The summed E-state index contributed by atoms with van der Waals surface area (Å²) in [6, 6.07) is 2.34. The number of carbonyl (C=O) groups is 1. The monoisotopic (exact) mass is 315 g/mol. The number of hydrogen-bond acceptors (Lipinski definition) is 4. The normalized spacial score (nSPS) is 19.5. The molecule has 1 aromatic rings. The van der Waals surface area contributed by atoms with Crippen molar-refractivity contribution in [3.8, 4) is 0 Å². The first-order valence-electron chi connectivity index (χ1n) is 6.74. The van der Waals surface area contributed by atoms with Gasteiger partial charge < -0.3 is 4.90 Å². The molecule has 6 nitrogen and oxygen atoms in total. The van der Waals surface area contributed by atoms with E-state index in [1.54, 1.807) is 4.90 Å². The van der Waals surface area contributed by atoms with Crippen LogP contribution in [0.1, 0.15) is 29.6 Å². The van der Waals surface area contributed by atoms with Crippen molar-refractivity contribution in [2.45, 2.75) is 25.3 Å². The Labute approximate surface area is 123 Å². The largest absolute Gasteiger partial charge is 0.334 e. The van der Waals surface area contributed by atoms with E-state index in [2.05, 4.69) is 9.71 Å². The van der Waals surface area contributed by atoms with Crippen molar-refractivity contribution in [1.82, 2.24) is 14.6 Å². The molecule has 0 saturated carbocycles. The first-order valence-corrected chi connectivity index (χ1v) is 8.63. The smallest absolute Gasteiger partial charge is 0.255 e. The Morgan fingerprint density at radius 2 is 2.24 bits per heavy atom. The summed E-state index contributed by atoms with van der Waals surface area (Å²) in [5.74, 6) is -0.886. The molecule has 0 radical (unpaired) electrons. The molecule has 2 heterocycles. The summed E-state index contributed by atoms with van der Waals surface area (Å²) in [5.41, 5.74) is 0.308. The molecule has 1 amide bonds. The molecular weight excluding hydrogens is 297 g/mol. The van der Waals surface area contributed by atoms with Gasteiger partial charge in [0.1, 0.15) is 0 Å². The van der Waals surface area contributed by atoms with Crippen LogP contribution in [0.5, 0.6) is 0 Å². The van der Waals surface area contributed by atoms with Crippen LogP contribution in [0, 0.1) is 5.95 Å². The van der Waals surface area contributed by atoms with E-state index in [1.807, 2.05) is 0 Å². The predicted octanol–water partition coefficient (Wildman–Crippen LogP) is 0.765. The van der Waals surface area contributed by atoms with Crippen LogP contribution in [0.4, 0.5) is 4.39 Å². The molecular formula is C13H18FN3O3S. The highest BCUT2D eigenvalue weighted by Gasteiger charge is 2.28. The number of amides is 1. The van der Waals surface area contributed by atoms with Gasteiger partial charge in [-0.2, -0.15) is 4.39 Å². The Balaban J connectivity index is 2.10. The molecule has 1 atom stereocenters. The van der Waals surface area contributed by atoms with Crippen LogP contribution < -0.4 is 4.72 Å². The number of aromatic nitrogens is 1.